The molecular formula is C45H43ClF2N10O11S. The van der Waals surface area contributed by atoms with Crippen LogP contribution in [0.2, 0.25) is 5.02 Å². The molecule has 0 bridgehead atoms. The number of ether oxygens (including phenoxy) is 5. The van der Waals surface area contributed by atoms with Crippen LogP contribution in [-0.4, -0.2) is 140 Å². The van der Waals surface area contributed by atoms with E-state index in [1.54, 1.807) is 30.3 Å². The molecule has 9 rings (SSSR count). The van der Waals surface area contributed by atoms with E-state index in [-0.39, 0.29) is 105 Å². The lowest BCUT2D eigenvalue weighted by Crippen LogP contribution is -2.54. The second-order valence-corrected chi connectivity index (χ2v) is 18.7. The molecule has 366 valence electrons. The van der Waals surface area contributed by atoms with E-state index in [9.17, 15) is 36.4 Å². The fourth-order valence-electron chi connectivity index (χ4n) is 8.30. The summed E-state index contributed by atoms with van der Waals surface area (Å²) >= 11 is 6.63. The molecule has 2 atom stereocenters. The van der Waals surface area contributed by atoms with E-state index in [0.29, 0.717) is 39.3 Å². The Morgan fingerprint density at radius 2 is 1.73 bits per heavy atom. The predicted octanol–water partition coefficient (Wildman–Crippen LogP) is 4.22. The summed E-state index contributed by atoms with van der Waals surface area (Å²) in [5, 5.41) is 8.77. The number of benzene rings is 3. The molecule has 70 heavy (non-hydrogen) atoms. The van der Waals surface area contributed by atoms with Gasteiger partial charge >= 0.3 is 12.3 Å². The molecule has 2 aromatic heterocycles. The zero-order valence-electron chi connectivity index (χ0n) is 37.3. The summed E-state index contributed by atoms with van der Waals surface area (Å²) in [7, 11) is -2.35. The van der Waals surface area contributed by atoms with E-state index >= 15 is 0 Å². The molecule has 4 aliphatic heterocycles. The average molecular weight is 1010 g/mol. The summed E-state index contributed by atoms with van der Waals surface area (Å²) in [4.78, 5) is 73.6. The van der Waals surface area contributed by atoms with Crippen molar-refractivity contribution in [3.8, 4) is 23.3 Å². The molecule has 3 aromatic carbocycles. The molecule has 0 saturated carbocycles. The van der Waals surface area contributed by atoms with Gasteiger partial charge in [-0.25, -0.2) is 8.42 Å². The zero-order chi connectivity index (χ0) is 49.3. The number of nitrogens with one attached hydrogen (secondary N) is 3. The van der Waals surface area contributed by atoms with Gasteiger partial charge in [-0.3, -0.25) is 39.3 Å². The average Bonchev–Trinajstić information content (AvgIpc) is 3.80. The first-order chi connectivity index (χ1) is 33.6. The number of aromatic nitrogens is 4. The van der Waals surface area contributed by atoms with E-state index in [1.807, 2.05) is 4.90 Å². The Hall–Kier alpha value is -7.28. The molecule has 25 heteroatoms. The lowest BCUT2D eigenvalue weighted by Gasteiger charge is -2.34. The second-order valence-electron chi connectivity index (χ2n) is 16.3. The van der Waals surface area contributed by atoms with Crippen molar-refractivity contribution in [1.29, 1.82) is 0 Å². The van der Waals surface area contributed by atoms with E-state index in [0.717, 1.165) is 11.2 Å². The third-order valence-electron chi connectivity index (χ3n) is 11.7. The van der Waals surface area contributed by atoms with Crippen molar-refractivity contribution in [2.75, 3.05) is 81.4 Å². The quantitative estimate of drug-likeness (QED) is 0.0872. The molecule has 0 aliphatic carbocycles. The fraction of sp³-hybridized carbons (Fsp3) is 0.333. The largest absolute Gasteiger partial charge is 0.586 e. The van der Waals surface area contributed by atoms with Gasteiger partial charge in [-0.1, -0.05) is 29.8 Å². The minimum atomic E-state index is -3.93. The van der Waals surface area contributed by atoms with Crippen molar-refractivity contribution in [1.82, 2.24) is 35.1 Å². The Labute approximate surface area is 403 Å². The molecule has 21 nitrogen and oxygen atoms in total. The minimum Gasteiger partial charge on any atom is -0.490 e. The molecule has 0 spiro atoms. The predicted molar refractivity (Wildman–Crippen MR) is 245 cm³/mol. The SMILES string of the molecule is COc1nc(Nc2cc(S(C)(=O)=O)ccc2N[C@@H](c2cccc3c2OC(F)(F)O3)c2ncccc2Cl)nc(N2CCN(CCOCCOc3cccc4c3C(=O)N(C3CCC(=O)NC3=O)C4=O)CC2)n1. The van der Waals surface area contributed by atoms with Gasteiger partial charge in [-0.2, -0.15) is 15.0 Å². The number of sulfone groups is 1. The van der Waals surface area contributed by atoms with Crippen LogP contribution in [0.25, 0.3) is 0 Å². The first-order valence-corrected chi connectivity index (χ1v) is 24.0. The number of rotatable bonds is 17. The van der Waals surface area contributed by atoms with Gasteiger partial charge in [0.05, 0.1) is 64.5 Å². The number of alkyl halides is 2. The summed E-state index contributed by atoms with van der Waals surface area (Å²) in [5.74, 6) is -2.42. The van der Waals surface area contributed by atoms with E-state index in [2.05, 4.69) is 40.8 Å². The molecule has 5 aromatic rings. The fourth-order valence-corrected chi connectivity index (χ4v) is 9.17. The van der Waals surface area contributed by atoms with Crippen LogP contribution >= 0.6 is 11.6 Å². The number of methoxy groups -OCH3 is 1. The van der Waals surface area contributed by atoms with Crippen LogP contribution in [0, 0.1) is 0 Å². The van der Waals surface area contributed by atoms with Crippen molar-refractivity contribution in [2.45, 2.75) is 36.1 Å². The maximum Gasteiger partial charge on any atom is 0.586 e. The molecule has 3 N–H and O–H groups in total. The number of nitrogens with zero attached hydrogens (tertiary/aromatic N) is 7. The summed E-state index contributed by atoms with van der Waals surface area (Å²) in [6.45, 7) is 3.44. The number of amides is 4. The monoisotopic (exact) mass is 1000 g/mol. The van der Waals surface area contributed by atoms with E-state index in [1.165, 1.54) is 49.7 Å². The summed E-state index contributed by atoms with van der Waals surface area (Å²) in [5.41, 5.74) is 1.07. The van der Waals surface area contributed by atoms with Gasteiger partial charge in [-0.15, -0.1) is 8.78 Å². The zero-order valence-corrected chi connectivity index (χ0v) is 38.9. The highest BCUT2D eigenvalue weighted by Gasteiger charge is 2.47. The van der Waals surface area contributed by atoms with Gasteiger partial charge in [0, 0.05) is 57.2 Å². The number of anilines is 4. The number of hydrogen-bond acceptors (Lipinski definition) is 19. The van der Waals surface area contributed by atoms with Gasteiger partial charge in [0.1, 0.15) is 18.4 Å². The molecule has 4 amide bonds. The maximum absolute atomic E-state index is 14.4. The molecular weight excluding hydrogens is 962 g/mol. The van der Waals surface area contributed by atoms with Gasteiger partial charge in [-0.05, 0) is 55.0 Å². The van der Waals surface area contributed by atoms with Gasteiger partial charge in [0.2, 0.25) is 23.7 Å². The van der Waals surface area contributed by atoms with Crippen LogP contribution < -0.4 is 39.8 Å². The number of carbonyl (C=O) groups excluding carboxylic acids is 4. The normalized spacial score (nSPS) is 18.1. The Balaban J connectivity index is 0.835. The van der Waals surface area contributed by atoms with Crippen LogP contribution in [0.5, 0.6) is 23.3 Å². The Morgan fingerprint density at radius 3 is 2.49 bits per heavy atom. The van der Waals surface area contributed by atoms with E-state index < -0.39 is 51.8 Å². The molecule has 1 unspecified atom stereocenters. The molecule has 4 aliphatic rings. The third-order valence-corrected chi connectivity index (χ3v) is 13.1. The van der Waals surface area contributed by atoms with Crippen molar-refractivity contribution in [3.05, 3.63) is 100 Å². The highest BCUT2D eigenvalue weighted by molar-refractivity contribution is 7.90. The number of piperidine rings is 1. The maximum atomic E-state index is 14.4. The van der Waals surface area contributed by atoms with Crippen LogP contribution in [0.3, 0.4) is 0 Å². The molecule has 6 heterocycles. The van der Waals surface area contributed by atoms with Crippen molar-refractivity contribution in [2.24, 2.45) is 0 Å². The number of pyridine rings is 1. The first-order valence-electron chi connectivity index (χ1n) is 21.8. The third kappa shape index (κ3) is 10.1. The van der Waals surface area contributed by atoms with Gasteiger partial charge < -0.3 is 39.2 Å². The van der Waals surface area contributed by atoms with Crippen LogP contribution in [0.4, 0.5) is 32.1 Å². The number of piperazine rings is 1. The number of fused-ring (bicyclic) bond motifs is 2. The summed E-state index contributed by atoms with van der Waals surface area (Å²) in [6.07, 6.45) is -1.33. The van der Waals surface area contributed by atoms with Crippen molar-refractivity contribution >= 4 is 68.3 Å². The van der Waals surface area contributed by atoms with Crippen molar-refractivity contribution < 1.29 is 60.1 Å². The van der Waals surface area contributed by atoms with Crippen LogP contribution in [0.1, 0.15) is 50.9 Å². The topological polar surface area (TPSA) is 246 Å². The summed E-state index contributed by atoms with van der Waals surface area (Å²) < 4.78 is 81.2. The van der Waals surface area contributed by atoms with Crippen LogP contribution in [0.15, 0.2) is 77.8 Å². The smallest absolute Gasteiger partial charge is 0.490 e. The van der Waals surface area contributed by atoms with Crippen LogP contribution in [-0.2, 0) is 24.2 Å². The number of carbonyl (C=O) groups is 4. The highest BCUT2D eigenvalue weighted by atomic mass is 35.5. The van der Waals surface area contributed by atoms with Gasteiger partial charge in [0.25, 0.3) is 11.8 Å². The molecule has 2 saturated heterocycles. The highest BCUT2D eigenvalue weighted by Crippen LogP contribution is 2.48. The Bertz CT molecular complexity index is 3000. The number of halogens is 3. The Kier molecular flexibility index (Phi) is 13.4. The molecule has 0 radical (unpaired) electrons. The first kappa shape index (κ1) is 47.8. The lowest BCUT2D eigenvalue weighted by molar-refractivity contribution is -0.287. The lowest BCUT2D eigenvalue weighted by atomic mass is 10.0. The Morgan fingerprint density at radius 1 is 0.929 bits per heavy atom. The number of hydrogen-bond donors (Lipinski definition) is 3. The number of para-hydroxylation sites is 1. The minimum absolute atomic E-state index is 0.000981. The second kappa shape index (κ2) is 19.6. The number of imide groups is 2. The molecule has 2 fully saturated rings. The summed E-state index contributed by atoms with van der Waals surface area (Å²) in [6, 6.07) is 14.3. The van der Waals surface area contributed by atoms with Crippen molar-refractivity contribution in [3.63, 3.8) is 0 Å². The van der Waals surface area contributed by atoms with E-state index in [4.69, 9.17) is 35.3 Å². The van der Waals surface area contributed by atoms with Gasteiger partial charge in [0.15, 0.2) is 21.3 Å². The standard InChI is InChI=1S/C45H43ClF2N10O11S/c1-65-44-54-42(51-30-24-25(70(2,63)64)11-12-29(30)50-36(37-28(46)8-5-15-49-37)27-7-4-10-33-38(27)69-45(47,48)68-33)53-43(55-44)57-18-16-56(17-19-57)20-21-66-22-23-67-32-9-3-6-26-35(32)41(62)58(40(26)61)31-13-14-34(59)52-39(31)60/h3-12,15,24,31,36,50H,13-14,16-23H2,1-2H3,(H,52,59,60)(H,51,53,54,55)/t31?,36-/m0/s1.